The Balaban J connectivity index is 1.22. The van der Waals surface area contributed by atoms with Gasteiger partial charge in [0.1, 0.15) is 0 Å². The zero-order chi connectivity index (χ0) is 67.7. The van der Waals surface area contributed by atoms with E-state index in [1.165, 1.54) is 162 Å². The van der Waals surface area contributed by atoms with Crippen LogP contribution in [0.2, 0.25) is 0 Å². The van der Waals surface area contributed by atoms with Crippen molar-refractivity contribution < 1.29 is 0 Å². The molecule has 3 heteroatoms. The van der Waals surface area contributed by atoms with Gasteiger partial charge in [0.25, 0.3) is 6.71 Å². The highest BCUT2D eigenvalue weighted by molar-refractivity contribution is 7.00. The van der Waals surface area contributed by atoms with Crippen LogP contribution in [-0.4, -0.2) is 6.71 Å². The predicted molar refractivity (Wildman–Crippen MR) is 420 cm³/mol. The van der Waals surface area contributed by atoms with Crippen LogP contribution < -0.4 is 26.2 Å². The van der Waals surface area contributed by atoms with Gasteiger partial charge in [-0.15, -0.1) is 0 Å². The van der Waals surface area contributed by atoms with Crippen LogP contribution in [0, 0.1) is 0 Å². The second kappa shape index (κ2) is 26.6. The van der Waals surface area contributed by atoms with E-state index >= 15 is 0 Å². The highest BCUT2D eigenvalue weighted by Crippen LogP contribution is 2.54. The topological polar surface area (TPSA) is 6.48 Å². The third kappa shape index (κ3) is 11.9. The fourth-order valence-electron chi connectivity index (χ4n) is 15.8. The Bertz CT molecular complexity index is 4530. The molecule has 0 fully saturated rings. The van der Waals surface area contributed by atoms with Crippen LogP contribution in [0.4, 0.5) is 34.1 Å². The van der Waals surface area contributed by atoms with Gasteiger partial charge in [-0.25, -0.2) is 0 Å². The van der Waals surface area contributed by atoms with Crippen LogP contribution in [0.1, 0.15) is 228 Å². The van der Waals surface area contributed by atoms with Crippen molar-refractivity contribution >= 4 is 57.2 Å². The molecular weight excluding hydrogens is 1160 g/mol. The van der Waals surface area contributed by atoms with Gasteiger partial charge in [0.15, 0.2) is 0 Å². The first kappa shape index (κ1) is 65.7. The molecule has 2 nitrogen and oxygen atoms in total. The van der Waals surface area contributed by atoms with E-state index in [4.69, 9.17) is 0 Å². The number of para-hydroxylation sites is 1. The van der Waals surface area contributed by atoms with Crippen LogP contribution in [0.3, 0.4) is 0 Å². The second-order valence-electron chi connectivity index (χ2n) is 30.5. The third-order valence-electron chi connectivity index (χ3n) is 21.0. The van der Waals surface area contributed by atoms with Gasteiger partial charge in [0.05, 0.1) is 5.69 Å². The Morgan fingerprint density at radius 1 is 0.240 bits per heavy atom. The number of rotatable bonds is 17. The van der Waals surface area contributed by atoms with Crippen LogP contribution in [0.15, 0.2) is 218 Å². The summed E-state index contributed by atoms with van der Waals surface area (Å²) in [6.45, 7) is 42.6. The zero-order valence-corrected chi connectivity index (χ0v) is 60.5. The molecular formula is C93H99BN2. The van der Waals surface area contributed by atoms with Crippen LogP contribution in [0.5, 0.6) is 0 Å². The number of nitrogens with zero attached hydrogens (tertiary/aromatic N) is 2. The quantitative estimate of drug-likeness (QED) is 0.0839. The van der Waals surface area contributed by atoms with Gasteiger partial charge in [0, 0.05) is 39.6 Å². The van der Waals surface area contributed by atoms with Crippen molar-refractivity contribution in [3.63, 3.8) is 0 Å². The van der Waals surface area contributed by atoms with E-state index in [2.05, 4.69) is 353 Å². The molecule has 2 aliphatic heterocycles. The monoisotopic (exact) mass is 1250 g/mol. The van der Waals surface area contributed by atoms with Gasteiger partial charge in [0.2, 0.25) is 0 Å². The molecule has 0 atom stereocenters. The maximum atomic E-state index is 2.72. The largest absolute Gasteiger partial charge is 0.311 e. The molecule has 484 valence electrons. The molecule has 0 aliphatic carbocycles. The van der Waals surface area contributed by atoms with Gasteiger partial charge >= 0.3 is 0 Å². The van der Waals surface area contributed by atoms with Crippen molar-refractivity contribution in [1.29, 1.82) is 0 Å². The van der Waals surface area contributed by atoms with Crippen LogP contribution in [0.25, 0.3) is 66.8 Å². The first-order chi connectivity index (χ1) is 46.1. The summed E-state index contributed by atoms with van der Waals surface area (Å²) in [5, 5.41) is 0. The van der Waals surface area contributed by atoms with Crippen molar-refractivity contribution in [3.8, 4) is 66.8 Å². The maximum absolute atomic E-state index is 2.72. The van der Waals surface area contributed by atoms with Crippen LogP contribution >= 0.6 is 0 Å². The van der Waals surface area contributed by atoms with Gasteiger partial charge in [-0.3, -0.25) is 0 Å². The Kier molecular flexibility index (Phi) is 18.2. The smallest absolute Gasteiger partial charge is 0.252 e. The fraction of sp³-hybridized carbons (Fsp3) is 0.290. The lowest BCUT2D eigenvalue weighted by atomic mass is 9.33. The van der Waals surface area contributed by atoms with Gasteiger partial charge in [-0.05, 0) is 212 Å². The number of fused-ring (bicyclic) bond motifs is 4. The van der Waals surface area contributed by atoms with Gasteiger partial charge in [-0.1, -0.05) is 307 Å². The first-order valence-corrected chi connectivity index (χ1v) is 36.1. The number of anilines is 6. The summed E-state index contributed by atoms with van der Waals surface area (Å²) in [6.07, 6.45) is 0. The molecule has 0 bridgehead atoms. The molecule has 0 radical (unpaired) electrons. The van der Waals surface area contributed by atoms with E-state index in [9.17, 15) is 0 Å². The number of benzene rings is 11. The molecule has 0 unspecified atom stereocenters. The lowest BCUT2D eigenvalue weighted by molar-refractivity contribution is 0.807. The van der Waals surface area contributed by atoms with Crippen molar-refractivity contribution in [2.45, 2.75) is 178 Å². The van der Waals surface area contributed by atoms with Crippen LogP contribution in [-0.2, 0) is 0 Å². The van der Waals surface area contributed by atoms with E-state index in [1.54, 1.807) is 0 Å². The molecule has 0 aromatic heterocycles. The van der Waals surface area contributed by atoms with E-state index in [-0.39, 0.29) is 18.5 Å². The molecule has 2 aliphatic rings. The van der Waals surface area contributed by atoms with Crippen molar-refractivity contribution in [2.24, 2.45) is 0 Å². The summed E-state index contributed by atoms with van der Waals surface area (Å²) in [5.74, 6) is 3.05. The highest BCUT2D eigenvalue weighted by atomic mass is 15.2. The van der Waals surface area contributed by atoms with Crippen molar-refractivity contribution in [1.82, 2.24) is 0 Å². The highest BCUT2D eigenvalue weighted by Gasteiger charge is 2.45. The average molecular weight is 1260 g/mol. The average Bonchev–Trinajstić information content (AvgIpc) is 0.697. The van der Waals surface area contributed by atoms with E-state index in [1.807, 2.05) is 0 Å². The van der Waals surface area contributed by atoms with Crippen molar-refractivity contribution in [2.75, 3.05) is 9.80 Å². The lowest BCUT2D eigenvalue weighted by Gasteiger charge is -2.45. The summed E-state index contributed by atoms with van der Waals surface area (Å²) in [5.41, 5.74) is 38.7. The Hall–Kier alpha value is -8.92. The van der Waals surface area contributed by atoms with E-state index in [0.29, 0.717) is 41.4 Å². The molecule has 11 aromatic carbocycles. The summed E-state index contributed by atoms with van der Waals surface area (Å²) in [4.78, 5) is 5.40. The SMILES string of the molecule is CC(C)c1cc(C(C)C)c(-c2ccc(N3c4ccc(-c5c(C(C)C)cc(C(C)C)cc5C(C)C)cc4B4c5cc(-c6ccccc6)ccc5N(c5c(-c6ccccc6)cccc5-c5ccccc5)c5cc(-c6c(C(C)C)cc(C(C)C)cc6C(C)C)cc3c54)cc2)c(C(C)C)c1. The minimum atomic E-state index is -0.174. The molecule has 13 rings (SSSR count). The van der Waals surface area contributed by atoms with Crippen molar-refractivity contribution in [3.05, 3.63) is 268 Å². The molecule has 0 amide bonds. The minimum Gasteiger partial charge on any atom is -0.311 e. The predicted octanol–water partition coefficient (Wildman–Crippen LogP) is 25.9. The number of hydrogen-bond acceptors (Lipinski definition) is 2. The molecule has 2 heterocycles. The van der Waals surface area contributed by atoms with Gasteiger partial charge < -0.3 is 9.80 Å². The molecule has 11 aromatic rings. The van der Waals surface area contributed by atoms with Gasteiger partial charge in [-0.2, -0.15) is 0 Å². The number of hydrogen-bond donors (Lipinski definition) is 0. The normalized spacial score (nSPS) is 12.8. The Morgan fingerprint density at radius 2 is 0.573 bits per heavy atom. The fourth-order valence-corrected chi connectivity index (χ4v) is 15.8. The molecule has 0 saturated carbocycles. The Morgan fingerprint density at radius 3 is 0.969 bits per heavy atom. The lowest BCUT2D eigenvalue weighted by Crippen LogP contribution is -2.61. The van der Waals surface area contributed by atoms with E-state index in [0.717, 1.165) is 5.69 Å². The summed E-state index contributed by atoms with van der Waals surface area (Å²) in [7, 11) is 0. The first-order valence-electron chi connectivity index (χ1n) is 36.1. The summed E-state index contributed by atoms with van der Waals surface area (Å²) in [6, 6.07) is 85.6. The molecule has 0 saturated heterocycles. The molecule has 96 heavy (non-hydrogen) atoms. The zero-order valence-electron chi connectivity index (χ0n) is 60.5. The summed E-state index contributed by atoms with van der Waals surface area (Å²) < 4.78 is 0. The third-order valence-corrected chi connectivity index (χ3v) is 21.0. The molecule has 0 spiro atoms. The second-order valence-corrected chi connectivity index (χ2v) is 30.5. The standard InChI is InChI=1S/C93H99BN2/c1-55(2)70-45-77(58(7)8)89(78(46-70)59(9)10)67-37-41-74(42-38-67)95-85-44-40-69(90-79(60(11)12)47-71(56(3)4)48-80(90)61(13)14)52-84(85)94-83-51-68(64-29-22-19-23-30-64)39-43-86(83)96(93-75(65-31-24-20-25-32-65)35-28-36-76(93)66-33-26-21-27-34-66)88-54-73(53-87(95)92(88)94)91-81(62(15)16)49-72(57(5)6)50-82(91)63(17)18/h19-63H,1-18H3. The minimum absolute atomic E-state index is 0.174. The Labute approximate surface area is 576 Å². The van der Waals surface area contributed by atoms with E-state index < -0.39 is 0 Å². The maximum Gasteiger partial charge on any atom is 0.252 e. The summed E-state index contributed by atoms with van der Waals surface area (Å²) >= 11 is 0. The molecule has 0 N–H and O–H groups in total.